The molecule has 23 heavy (non-hydrogen) atoms. The van der Waals surface area contributed by atoms with Gasteiger partial charge in [0, 0.05) is 17.7 Å². The second-order valence-electron chi connectivity index (χ2n) is 5.34. The summed E-state index contributed by atoms with van der Waals surface area (Å²) in [4.78, 5) is 25.5. The van der Waals surface area contributed by atoms with Gasteiger partial charge in [-0.15, -0.1) is 11.3 Å². The summed E-state index contributed by atoms with van der Waals surface area (Å²) in [5.74, 6) is 0.682. The maximum atomic E-state index is 11.9. The van der Waals surface area contributed by atoms with E-state index in [4.69, 9.17) is 4.74 Å². The number of ketones is 1. The molecule has 122 valence electrons. The first-order valence-corrected chi connectivity index (χ1v) is 8.42. The quantitative estimate of drug-likeness (QED) is 0.595. The van der Waals surface area contributed by atoms with Crippen molar-refractivity contribution in [2.45, 2.75) is 26.7 Å². The molecule has 0 aliphatic carbocycles. The molecule has 0 spiro atoms. The molecule has 0 bridgehead atoms. The van der Waals surface area contributed by atoms with Crippen LogP contribution in [0.25, 0.3) is 0 Å². The average molecular weight is 331 g/mol. The predicted molar refractivity (Wildman–Crippen MR) is 92.3 cm³/mol. The Hall–Kier alpha value is -2.14. The first kappa shape index (κ1) is 17.2. The highest BCUT2D eigenvalue weighted by molar-refractivity contribution is 7.14. The van der Waals surface area contributed by atoms with E-state index in [0.717, 1.165) is 15.5 Å². The van der Waals surface area contributed by atoms with Crippen LogP contribution in [0.4, 0.5) is 0 Å². The average Bonchev–Trinajstić information content (AvgIpc) is 2.97. The molecule has 0 radical (unpaired) electrons. The summed E-state index contributed by atoms with van der Waals surface area (Å²) >= 11 is 1.47. The van der Waals surface area contributed by atoms with Gasteiger partial charge in [-0.1, -0.05) is 17.7 Å². The summed E-state index contributed by atoms with van der Waals surface area (Å²) in [6.07, 6.45) is 0.449. The van der Waals surface area contributed by atoms with Crippen molar-refractivity contribution in [1.82, 2.24) is 5.32 Å². The van der Waals surface area contributed by atoms with Crippen LogP contribution in [0.3, 0.4) is 0 Å². The Bertz CT molecular complexity index is 661. The van der Waals surface area contributed by atoms with Crippen molar-refractivity contribution < 1.29 is 14.3 Å². The van der Waals surface area contributed by atoms with Crippen molar-refractivity contribution in [2.24, 2.45) is 0 Å². The van der Waals surface area contributed by atoms with E-state index in [0.29, 0.717) is 13.2 Å². The maximum absolute atomic E-state index is 11.9. The molecular formula is C18H21NO3S. The van der Waals surface area contributed by atoms with Gasteiger partial charge in [0.2, 0.25) is 5.91 Å². The number of benzene rings is 1. The highest BCUT2D eigenvalue weighted by Gasteiger charge is 2.10. The Labute approximate surface area is 140 Å². The molecule has 1 N–H and O–H groups in total. The molecule has 4 nitrogen and oxygen atoms in total. The SMILES string of the molecule is Cc1ccc(OCCNC(=O)CCC(=O)c2ccc(C)s2)cc1. The van der Waals surface area contributed by atoms with Gasteiger partial charge in [0.15, 0.2) is 5.78 Å². The smallest absolute Gasteiger partial charge is 0.220 e. The fourth-order valence-corrected chi connectivity index (χ4v) is 2.85. The molecule has 0 atom stereocenters. The summed E-state index contributed by atoms with van der Waals surface area (Å²) in [5.41, 5.74) is 1.18. The van der Waals surface area contributed by atoms with Gasteiger partial charge in [-0.25, -0.2) is 0 Å². The van der Waals surface area contributed by atoms with E-state index in [9.17, 15) is 9.59 Å². The molecule has 1 heterocycles. The molecule has 0 aliphatic rings. The van der Waals surface area contributed by atoms with Gasteiger partial charge < -0.3 is 10.1 Å². The third-order valence-electron chi connectivity index (χ3n) is 3.31. The van der Waals surface area contributed by atoms with Crippen LogP contribution in [0.1, 0.15) is 33.0 Å². The Morgan fingerprint density at radius 2 is 1.78 bits per heavy atom. The zero-order valence-corrected chi connectivity index (χ0v) is 14.2. The van der Waals surface area contributed by atoms with Gasteiger partial charge in [-0.05, 0) is 38.1 Å². The summed E-state index contributed by atoms with van der Waals surface area (Å²) in [7, 11) is 0. The van der Waals surface area contributed by atoms with E-state index in [1.54, 1.807) is 0 Å². The van der Waals surface area contributed by atoms with Crippen LogP contribution >= 0.6 is 11.3 Å². The Morgan fingerprint density at radius 1 is 1.04 bits per heavy atom. The van der Waals surface area contributed by atoms with Crippen LogP contribution in [0.5, 0.6) is 5.75 Å². The summed E-state index contributed by atoms with van der Waals surface area (Å²) < 4.78 is 5.53. The lowest BCUT2D eigenvalue weighted by Crippen LogP contribution is -2.28. The monoisotopic (exact) mass is 331 g/mol. The Balaban J connectivity index is 1.61. The Morgan fingerprint density at radius 3 is 2.43 bits per heavy atom. The maximum Gasteiger partial charge on any atom is 0.220 e. The molecule has 0 fully saturated rings. The van der Waals surface area contributed by atoms with Crippen LogP contribution in [0.15, 0.2) is 36.4 Å². The number of hydrogen-bond acceptors (Lipinski definition) is 4. The predicted octanol–water partition coefficient (Wildman–Crippen LogP) is 3.52. The van der Waals surface area contributed by atoms with Crippen LogP contribution in [0, 0.1) is 13.8 Å². The molecule has 0 saturated heterocycles. The van der Waals surface area contributed by atoms with Crippen molar-refractivity contribution >= 4 is 23.0 Å². The van der Waals surface area contributed by atoms with Crippen molar-refractivity contribution in [3.63, 3.8) is 0 Å². The number of carbonyl (C=O) groups is 2. The van der Waals surface area contributed by atoms with Crippen LogP contribution in [-0.4, -0.2) is 24.8 Å². The standard InChI is InChI=1S/C18H21NO3S/c1-13-3-6-15(7-4-13)22-12-11-19-18(21)10-8-16(20)17-9-5-14(2)23-17/h3-7,9H,8,10-12H2,1-2H3,(H,19,21). The normalized spacial score (nSPS) is 10.3. The number of amides is 1. The Kier molecular flexibility index (Phi) is 6.35. The lowest BCUT2D eigenvalue weighted by Gasteiger charge is -2.07. The van der Waals surface area contributed by atoms with Gasteiger partial charge in [0.1, 0.15) is 12.4 Å². The van der Waals surface area contributed by atoms with E-state index in [1.165, 1.54) is 16.9 Å². The van der Waals surface area contributed by atoms with Gasteiger partial charge >= 0.3 is 0 Å². The lowest BCUT2D eigenvalue weighted by molar-refractivity contribution is -0.121. The summed E-state index contributed by atoms with van der Waals surface area (Å²) in [6.45, 7) is 4.82. The molecular weight excluding hydrogens is 310 g/mol. The van der Waals surface area contributed by atoms with Gasteiger partial charge in [-0.2, -0.15) is 0 Å². The minimum absolute atomic E-state index is 0.0224. The number of rotatable bonds is 8. The highest BCUT2D eigenvalue weighted by atomic mass is 32.1. The van der Waals surface area contributed by atoms with Crippen molar-refractivity contribution in [3.8, 4) is 5.75 Å². The van der Waals surface area contributed by atoms with E-state index >= 15 is 0 Å². The number of hydrogen-bond donors (Lipinski definition) is 1. The molecule has 1 amide bonds. The topological polar surface area (TPSA) is 55.4 Å². The molecule has 2 rings (SSSR count). The molecule has 5 heteroatoms. The van der Waals surface area contributed by atoms with E-state index in [1.807, 2.05) is 50.2 Å². The molecule has 0 aliphatic heterocycles. The first-order chi connectivity index (χ1) is 11.0. The number of carbonyl (C=O) groups excluding carboxylic acids is 2. The fraction of sp³-hybridized carbons (Fsp3) is 0.333. The fourth-order valence-electron chi connectivity index (χ4n) is 2.02. The number of aryl methyl sites for hydroxylation is 2. The van der Waals surface area contributed by atoms with Gasteiger partial charge in [0.25, 0.3) is 0 Å². The van der Waals surface area contributed by atoms with E-state index < -0.39 is 0 Å². The lowest BCUT2D eigenvalue weighted by atomic mass is 10.2. The second-order valence-corrected chi connectivity index (χ2v) is 6.63. The highest BCUT2D eigenvalue weighted by Crippen LogP contribution is 2.17. The molecule has 0 unspecified atom stereocenters. The third kappa shape index (κ3) is 5.87. The molecule has 1 aromatic carbocycles. The van der Waals surface area contributed by atoms with E-state index in [-0.39, 0.29) is 24.5 Å². The van der Waals surface area contributed by atoms with Crippen LogP contribution in [-0.2, 0) is 4.79 Å². The van der Waals surface area contributed by atoms with Crippen molar-refractivity contribution in [1.29, 1.82) is 0 Å². The van der Waals surface area contributed by atoms with E-state index in [2.05, 4.69) is 5.32 Å². The summed E-state index contributed by atoms with van der Waals surface area (Å²) in [5, 5.41) is 2.76. The van der Waals surface area contributed by atoms with Gasteiger partial charge in [-0.3, -0.25) is 9.59 Å². The zero-order chi connectivity index (χ0) is 16.7. The number of nitrogens with one attached hydrogen (secondary N) is 1. The second kappa shape index (κ2) is 8.48. The van der Waals surface area contributed by atoms with Gasteiger partial charge in [0.05, 0.1) is 11.4 Å². The zero-order valence-electron chi connectivity index (χ0n) is 13.4. The van der Waals surface area contributed by atoms with Crippen molar-refractivity contribution in [3.05, 3.63) is 51.7 Å². The number of thiophene rings is 1. The van der Waals surface area contributed by atoms with Crippen LogP contribution in [0.2, 0.25) is 0 Å². The first-order valence-electron chi connectivity index (χ1n) is 7.60. The molecule has 1 aromatic heterocycles. The van der Waals surface area contributed by atoms with Crippen molar-refractivity contribution in [2.75, 3.05) is 13.2 Å². The minimum Gasteiger partial charge on any atom is -0.492 e. The molecule has 2 aromatic rings. The molecule has 0 saturated carbocycles. The third-order valence-corrected chi connectivity index (χ3v) is 4.35. The summed E-state index contributed by atoms with van der Waals surface area (Å²) in [6, 6.07) is 11.5. The largest absolute Gasteiger partial charge is 0.492 e. The number of ether oxygens (including phenoxy) is 1. The number of Topliss-reactive ketones (excluding diaryl/α,β-unsaturated/α-hetero) is 1. The van der Waals surface area contributed by atoms with Crippen LogP contribution < -0.4 is 10.1 Å². The minimum atomic E-state index is -0.126.